The number of hydrogen-bond donors (Lipinski definition) is 1. The van der Waals surface area contributed by atoms with E-state index in [1.165, 1.54) is 19.9 Å². The third kappa shape index (κ3) is 6.53. The van der Waals surface area contributed by atoms with Crippen molar-refractivity contribution >= 4 is 65.8 Å². The van der Waals surface area contributed by atoms with Crippen molar-refractivity contribution in [2.45, 2.75) is 86.7 Å². The van der Waals surface area contributed by atoms with Crippen LogP contribution < -0.4 is 0 Å². The van der Waals surface area contributed by atoms with Crippen molar-refractivity contribution in [2.75, 3.05) is 0 Å². The number of aromatic nitrogens is 2. The summed E-state index contributed by atoms with van der Waals surface area (Å²) in [6.07, 6.45) is 2.02. The topological polar surface area (TPSA) is 67.7 Å². The first kappa shape index (κ1) is 38.3. The van der Waals surface area contributed by atoms with Gasteiger partial charge in [-0.05, 0) is 38.0 Å². The summed E-state index contributed by atoms with van der Waals surface area (Å²) in [7, 11) is 0. The summed E-state index contributed by atoms with van der Waals surface area (Å²) in [5.41, 5.74) is 1.93. The molecule has 0 bridgehead atoms. The molecule has 51 heavy (non-hydrogen) atoms. The van der Waals surface area contributed by atoms with Crippen molar-refractivity contribution in [3.8, 4) is 0 Å². The Labute approximate surface area is 309 Å². The van der Waals surface area contributed by atoms with Crippen LogP contribution in [-0.2, 0) is 31.3 Å². The molecule has 7 rings (SSSR count). The Hall–Kier alpha value is -3.94. The number of carbonyl (C=O) groups is 1. The van der Waals surface area contributed by atoms with Crippen LogP contribution in [0.4, 0.5) is 13.2 Å². The molecule has 4 heterocycles. The monoisotopic (exact) mass is 874 g/mol. The number of para-hydroxylation sites is 1. The number of allylic oxidation sites excluding steroid dienone is 2. The normalized spacial score (nSPS) is 13.0. The van der Waals surface area contributed by atoms with Gasteiger partial charge in [0.1, 0.15) is 17.0 Å². The number of aryl methyl sites for hydroxylation is 1. The zero-order valence-corrected chi connectivity index (χ0v) is 32.5. The number of furan rings is 1. The maximum absolute atomic E-state index is 13.9. The second kappa shape index (κ2) is 14.6. The zero-order chi connectivity index (χ0) is 36.1. The number of benzene rings is 3. The molecule has 9 heteroatoms. The fraction of sp³-hybridized carbons (Fsp3) is 0.381. The molecule has 0 amide bonds. The second-order valence-electron chi connectivity index (χ2n) is 14.1. The number of alkyl halides is 3. The number of aliphatic hydroxyl groups is 1. The minimum absolute atomic E-state index is 0. The van der Waals surface area contributed by atoms with E-state index in [0.717, 1.165) is 74.6 Å². The molecule has 4 aromatic heterocycles. The predicted octanol–water partition coefficient (Wildman–Crippen LogP) is 12.2. The van der Waals surface area contributed by atoms with Crippen LogP contribution in [-0.4, -0.2) is 26.5 Å². The number of nitrogens with zero attached hydrogens (tertiary/aromatic N) is 2. The Bertz CT molecular complexity index is 2380. The number of aliphatic hydroxyl groups excluding tert-OH is 1. The summed E-state index contributed by atoms with van der Waals surface area (Å²) in [6, 6.07) is 19.6. The summed E-state index contributed by atoms with van der Waals surface area (Å²) in [5, 5.41) is 16.4. The fourth-order valence-corrected chi connectivity index (χ4v) is 7.27. The van der Waals surface area contributed by atoms with Gasteiger partial charge in [0.25, 0.3) is 0 Å². The second-order valence-corrected chi connectivity index (χ2v) is 14.1. The smallest absolute Gasteiger partial charge is 0.394 e. The van der Waals surface area contributed by atoms with Gasteiger partial charge < -0.3 is 13.9 Å². The molecular weight excluding hydrogens is 830 g/mol. The zero-order valence-electron chi connectivity index (χ0n) is 30.1. The van der Waals surface area contributed by atoms with Crippen molar-refractivity contribution in [2.24, 2.45) is 17.3 Å². The Balaban J connectivity index is 0.000000271. The number of rotatable bonds is 9. The molecule has 0 aliphatic rings. The van der Waals surface area contributed by atoms with Crippen molar-refractivity contribution in [3.63, 3.8) is 0 Å². The van der Waals surface area contributed by atoms with E-state index in [9.17, 15) is 23.1 Å². The van der Waals surface area contributed by atoms with Crippen molar-refractivity contribution in [1.29, 1.82) is 0 Å². The number of fused-ring (bicyclic) bond motifs is 7. The standard InChI is InChI=1S/C29H20F3N2O.C13H24O2.Ir/c1-15-14-33-27-24-23(21(35-26(15)24)13-28(2,3)29(30,31)32)19-10-6-9-18-22-17-8-5-4-7-16(17)11-12-20(22)34(27)25(18)19;1-5-10(6-2)12(14)9-13(15)11(7-3)8-4;/h4-11,14H,13H2,1-3H3;9-11,14H,5-8H2,1-4H3;/q-1;;/b;12-9-;. The molecule has 5 nitrogen and oxygen atoms in total. The van der Waals surface area contributed by atoms with Crippen LogP contribution in [0.2, 0.25) is 0 Å². The third-order valence-corrected chi connectivity index (χ3v) is 10.5. The Morgan fingerprint density at radius 1 is 0.922 bits per heavy atom. The maximum Gasteiger partial charge on any atom is 0.394 e. The predicted molar refractivity (Wildman–Crippen MR) is 197 cm³/mol. The summed E-state index contributed by atoms with van der Waals surface area (Å²) in [6.45, 7) is 12.4. The summed E-state index contributed by atoms with van der Waals surface area (Å²) >= 11 is 0. The molecule has 0 fully saturated rings. The molecule has 1 N–H and O–H groups in total. The van der Waals surface area contributed by atoms with Gasteiger partial charge in [-0.15, -0.1) is 16.8 Å². The maximum atomic E-state index is 13.9. The van der Waals surface area contributed by atoms with E-state index in [0.29, 0.717) is 22.4 Å². The van der Waals surface area contributed by atoms with E-state index in [-0.39, 0.29) is 49.9 Å². The third-order valence-electron chi connectivity index (χ3n) is 10.5. The average molecular weight is 874 g/mol. The van der Waals surface area contributed by atoms with Crippen molar-refractivity contribution in [3.05, 3.63) is 84.0 Å². The first-order chi connectivity index (χ1) is 23.8. The van der Waals surface area contributed by atoms with Gasteiger partial charge in [-0.1, -0.05) is 88.8 Å². The van der Waals surface area contributed by atoms with Gasteiger partial charge in [0.2, 0.25) is 0 Å². The van der Waals surface area contributed by atoms with E-state index >= 15 is 0 Å². The number of hydrogen-bond acceptors (Lipinski definition) is 4. The molecule has 0 aliphatic carbocycles. The van der Waals surface area contributed by atoms with Gasteiger partial charge in [0.05, 0.1) is 16.6 Å². The molecule has 1 radical (unpaired) electrons. The molecule has 0 aliphatic heterocycles. The van der Waals surface area contributed by atoms with Crippen molar-refractivity contribution < 1.29 is 47.6 Å². The van der Waals surface area contributed by atoms with E-state index in [4.69, 9.17) is 9.40 Å². The Morgan fingerprint density at radius 2 is 1.53 bits per heavy atom. The summed E-state index contributed by atoms with van der Waals surface area (Å²) < 4.78 is 49.9. The first-order valence-corrected chi connectivity index (χ1v) is 17.6. The fourth-order valence-electron chi connectivity index (χ4n) is 7.27. The van der Waals surface area contributed by atoms with Gasteiger partial charge in [0.15, 0.2) is 5.78 Å². The van der Waals surface area contributed by atoms with Crippen molar-refractivity contribution in [1.82, 2.24) is 9.38 Å². The summed E-state index contributed by atoms with van der Waals surface area (Å²) in [5.74, 6) is 0.892. The quantitative estimate of drug-likeness (QED) is 0.0679. The molecule has 0 saturated carbocycles. The Morgan fingerprint density at radius 3 is 2.16 bits per heavy atom. The summed E-state index contributed by atoms with van der Waals surface area (Å²) in [4.78, 5) is 16.5. The van der Waals surface area contributed by atoms with Crippen LogP contribution in [0.1, 0.15) is 78.5 Å². The molecule has 3 aromatic carbocycles. The number of carbonyl (C=O) groups excluding carboxylic acids is 1. The Kier molecular flexibility index (Phi) is 11.0. The number of pyridine rings is 2. The van der Waals surface area contributed by atoms with Crippen LogP contribution in [0.15, 0.2) is 71.0 Å². The number of halogens is 3. The van der Waals surface area contributed by atoms with Crippen LogP contribution in [0.5, 0.6) is 0 Å². The number of ketones is 1. The largest absolute Gasteiger partial charge is 0.512 e. The average Bonchev–Trinajstić information content (AvgIpc) is 3.63. The van der Waals surface area contributed by atoms with E-state index < -0.39 is 11.6 Å². The molecule has 0 saturated heterocycles. The van der Waals surface area contributed by atoms with Gasteiger partial charge in [0, 0.05) is 72.5 Å². The van der Waals surface area contributed by atoms with Gasteiger partial charge in [-0.3, -0.25) is 4.79 Å². The van der Waals surface area contributed by atoms with Gasteiger partial charge in [-0.2, -0.15) is 25.3 Å². The molecular formula is C42H44F3IrN2O3-. The van der Waals surface area contributed by atoms with E-state index in [2.05, 4.69) is 28.7 Å². The first-order valence-electron chi connectivity index (χ1n) is 17.6. The minimum atomic E-state index is -4.36. The van der Waals surface area contributed by atoms with Crippen LogP contribution in [0.25, 0.3) is 60.0 Å². The SMILES string of the molecule is CCC(CC)C(=O)/C=C(\O)C(CC)CC.Cc1cnc2c3c1oc(CC(C)(C)C(F)(F)F)c3c1cccc3c4c5ccccc5c[c-]c4n2c13.[Ir]. The van der Waals surface area contributed by atoms with E-state index in [1.807, 2.05) is 65.0 Å². The molecule has 0 spiro atoms. The molecule has 271 valence electrons. The van der Waals surface area contributed by atoms with Crippen LogP contribution in [0.3, 0.4) is 0 Å². The molecule has 7 aromatic rings. The molecule has 0 unspecified atom stereocenters. The van der Waals surface area contributed by atoms with Gasteiger partial charge in [-0.25, -0.2) is 4.98 Å². The van der Waals surface area contributed by atoms with E-state index in [1.54, 1.807) is 6.20 Å². The van der Waals surface area contributed by atoms with Crippen LogP contribution >= 0.6 is 0 Å². The minimum Gasteiger partial charge on any atom is -0.512 e. The molecule has 0 atom stereocenters. The van der Waals surface area contributed by atoms with Gasteiger partial charge >= 0.3 is 6.18 Å². The van der Waals surface area contributed by atoms with Crippen LogP contribution in [0, 0.1) is 30.2 Å².